The molecular formula is C16H16N2O2S. The molecule has 5 heteroatoms. The number of fused-ring (bicyclic) bond motifs is 1. The normalized spacial score (nSPS) is 13.2. The second kappa shape index (κ2) is 5.85. The first kappa shape index (κ1) is 14.1. The minimum atomic E-state index is -0.896. The van der Waals surface area contributed by atoms with E-state index in [1.165, 1.54) is 17.7 Å². The lowest BCUT2D eigenvalue weighted by Gasteiger charge is -2.06. The highest BCUT2D eigenvalue weighted by atomic mass is 32.2. The molecule has 1 aromatic carbocycles. The van der Waals surface area contributed by atoms with Crippen molar-refractivity contribution in [1.82, 2.24) is 9.97 Å². The lowest BCUT2D eigenvalue weighted by molar-refractivity contribution is 0.0697. The van der Waals surface area contributed by atoms with Gasteiger partial charge in [0.05, 0.1) is 5.56 Å². The number of hydrogen-bond acceptors (Lipinski definition) is 4. The second-order valence-electron chi connectivity index (χ2n) is 5.16. The Bertz CT molecular complexity index is 683. The molecule has 0 saturated heterocycles. The molecule has 108 valence electrons. The summed E-state index contributed by atoms with van der Waals surface area (Å²) in [6.07, 6.45) is 3.33. The minimum absolute atomic E-state index is 0.313. The molecule has 1 N–H and O–H groups in total. The van der Waals surface area contributed by atoms with Crippen LogP contribution in [0.5, 0.6) is 0 Å². The van der Waals surface area contributed by atoms with Gasteiger partial charge < -0.3 is 5.11 Å². The van der Waals surface area contributed by atoms with E-state index in [-0.39, 0.29) is 0 Å². The topological polar surface area (TPSA) is 63.1 Å². The maximum atomic E-state index is 10.8. The fourth-order valence-electron chi connectivity index (χ4n) is 2.55. The molecule has 0 saturated carbocycles. The van der Waals surface area contributed by atoms with Crippen molar-refractivity contribution in [2.45, 2.75) is 37.1 Å². The third-order valence-corrected chi connectivity index (χ3v) is 4.61. The average molecular weight is 300 g/mol. The van der Waals surface area contributed by atoms with Crippen molar-refractivity contribution < 1.29 is 9.90 Å². The molecule has 21 heavy (non-hydrogen) atoms. The quantitative estimate of drug-likeness (QED) is 0.693. The van der Waals surface area contributed by atoms with Crippen molar-refractivity contribution >= 4 is 17.7 Å². The molecule has 3 rings (SSSR count). The Labute approximate surface area is 127 Å². The summed E-state index contributed by atoms with van der Waals surface area (Å²) in [6, 6.07) is 6.95. The SMILES string of the molecule is Cc1nc(SCc2ccc(C(=O)O)cc2)nc2c1CCC2. The Morgan fingerprint density at radius 3 is 2.71 bits per heavy atom. The summed E-state index contributed by atoms with van der Waals surface area (Å²) >= 11 is 1.60. The maximum absolute atomic E-state index is 10.8. The van der Waals surface area contributed by atoms with Crippen LogP contribution in [0.4, 0.5) is 0 Å². The number of aryl methyl sites for hydroxylation is 2. The van der Waals surface area contributed by atoms with Gasteiger partial charge in [-0.25, -0.2) is 14.8 Å². The molecule has 1 aromatic heterocycles. The smallest absolute Gasteiger partial charge is 0.335 e. The van der Waals surface area contributed by atoms with Gasteiger partial charge in [0.15, 0.2) is 5.16 Å². The van der Waals surface area contributed by atoms with E-state index in [1.807, 2.05) is 12.1 Å². The van der Waals surface area contributed by atoms with Crippen molar-refractivity contribution in [3.63, 3.8) is 0 Å². The van der Waals surface area contributed by atoms with Gasteiger partial charge in [0.1, 0.15) is 0 Å². The first-order chi connectivity index (χ1) is 10.1. The van der Waals surface area contributed by atoms with Gasteiger partial charge in [0, 0.05) is 17.1 Å². The summed E-state index contributed by atoms with van der Waals surface area (Å²) in [5, 5.41) is 9.69. The lowest BCUT2D eigenvalue weighted by atomic mass is 10.1. The molecule has 0 atom stereocenters. The number of thioether (sulfide) groups is 1. The molecule has 0 radical (unpaired) electrons. The summed E-state index contributed by atoms with van der Waals surface area (Å²) in [5.41, 5.74) is 5.01. The van der Waals surface area contributed by atoms with Crippen LogP contribution in [0.15, 0.2) is 29.4 Å². The Hall–Kier alpha value is -1.88. The second-order valence-corrected chi connectivity index (χ2v) is 6.10. The van der Waals surface area contributed by atoms with E-state index in [1.54, 1.807) is 23.9 Å². The highest BCUT2D eigenvalue weighted by Gasteiger charge is 2.17. The lowest BCUT2D eigenvalue weighted by Crippen LogP contribution is -1.99. The number of hydrogen-bond donors (Lipinski definition) is 1. The van der Waals surface area contributed by atoms with Gasteiger partial charge in [0.25, 0.3) is 0 Å². The molecule has 1 aliphatic carbocycles. The van der Waals surface area contributed by atoms with Crippen LogP contribution in [0, 0.1) is 6.92 Å². The Kier molecular flexibility index (Phi) is 3.92. The standard InChI is InChI=1S/C16H16N2O2S/c1-10-13-3-2-4-14(13)18-16(17-10)21-9-11-5-7-12(8-6-11)15(19)20/h5-8H,2-4,9H2,1H3,(H,19,20). The number of rotatable bonds is 4. The first-order valence-electron chi connectivity index (χ1n) is 6.95. The zero-order valence-electron chi connectivity index (χ0n) is 11.8. The molecule has 4 nitrogen and oxygen atoms in total. The van der Waals surface area contributed by atoms with E-state index in [4.69, 9.17) is 5.11 Å². The number of carboxylic acids is 1. The van der Waals surface area contributed by atoms with Crippen LogP contribution in [0.25, 0.3) is 0 Å². The molecule has 0 fully saturated rings. The molecule has 1 aliphatic rings. The van der Waals surface area contributed by atoms with Crippen LogP contribution in [0.2, 0.25) is 0 Å². The third kappa shape index (κ3) is 3.08. The van der Waals surface area contributed by atoms with E-state index in [9.17, 15) is 4.79 Å². The van der Waals surface area contributed by atoms with Gasteiger partial charge in [0.2, 0.25) is 0 Å². The van der Waals surface area contributed by atoms with E-state index in [0.717, 1.165) is 35.0 Å². The van der Waals surface area contributed by atoms with Gasteiger partial charge >= 0.3 is 5.97 Å². The van der Waals surface area contributed by atoms with Gasteiger partial charge in [-0.2, -0.15) is 0 Å². The largest absolute Gasteiger partial charge is 0.478 e. The number of aromatic nitrogens is 2. The van der Waals surface area contributed by atoms with Crippen molar-refractivity contribution in [2.24, 2.45) is 0 Å². The summed E-state index contributed by atoms with van der Waals surface area (Å²) < 4.78 is 0. The van der Waals surface area contributed by atoms with Crippen molar-refractivity contribution in [3.05, 3.63) is 52.3 Å². The molecule has 0 spiro atoms. The predicted octanol–water partition coefficient (Wildman–Crippen LogP) is 3.26. The number of carboxylic acid groups (broad SMARTS) is 1. The summed E-state index contributed by atoms with van der Waals surface area (Å²) in [5.74, 6) is -0.148. The average Bonchev–Trinajstić information content (AvgIpc) is 2.94. The van der Waals surface area contributed by atoms with Crippen molar-refractivity contribution in [3.8, 4) is 0 Å². The van der Waals surface area contributed by atoms with Crippen LogP contribution in [-0.4, -0.2) is 21.0 Å². The van der Waals surface area contributed by atoms with E-state index < -0.39 is 5.97 Å². The number of carbonyl (C=O) groups is 1. The first-order valence-corrected chi connectivity index (χ1v) is 7.93. The molecule has 0 amide bonds. The highest BCUT2D eigenvalue weighted by molar-refractivity contribution is 7.98. The molecule has 0 aliphatic heterocycles. The summed E-state index contributed by atoms with van der Waals surface area (Å²) in [4.78, 5) is 20.0. The minimum Gasteiger partial charge on any atom is -0.478 e. The van der Waals surface area contributed by atoms with E-state index in [0.29, 0.717) is 5.56 Å². The predicted molar refractivity (Wildman–Crippen MR) is 81.8 cm³/mol. The molecule has 1 heterocycles. The Morgan fingerprint density at radius 1 is 1.24 bits per heavy atom. The molecule has 0 unspecified atom stereocenters. The third-order valence-electron chi connectivity index (χ3n) is 3.69. The van der Waals surface area contributed by atoms with Crippen LogP contribution >= 0.6 is 11.8 Å². The van der Waals surface area contributed by atoms with Crippen LogP contribution in [0.1, 0.15) is 39.3 Å². The fraction of sp³-hybridized carbons (Fsp3) is 0.312. The van der Waals surface area contributed by atoms with Gasteiger partial charge in [-0.15, -0.1) is 0 Å². The van der Waals surface area contributed by atoms with Crippen LogP contribution in [-0.2, 0) is 18.6 Å². The van der Waals surface area contributed by atoms with Crippen LogP contribution < -0.4 is 0 Å². The Balaban J connectivity index is 1.70. The molecular weight excluding hydrogens is 284 g/mol. The van der Waals surface area contributed by atoms with Crippen molar-refractivity contribution in [2.75, 3.05) is 0 Å². The van der Waals surface area contributed by atoms with Gasteiger partial charge in [-0.05, 0) is 49.4 Å². The zero-order chi connectivity index (χ0) is 14.8. The molecule has 0 bridgehead atoms. The summed E-state index contributed by atoms with van der Waals surface area (Å²) in [7, 11) is 0. The van der Waals surface area contributed by atoms with E-state index in [2.05, 4.69) is 16.9 Å². The number of nitrogens with zero attached hydrogens (tertiary/aromatic N) is 2. The highest BCUT2D eigenvalue weighted by Crippen LogP contribution is 2.26. The van der Waals surface area contributed by atoms with Crippen LogP contribution in [0.3, 0.4) is 0 Å². The van der Waals surface area contributed by atoms with Crippen molar-refractivity contribution in [1.29, 1.82) is 0 Å². The van der Waals surface area contributed by atoms with Gasteiger partial charge in [-0.3, -0.25) is 0 Å². The number of aromatic carboxylic acids is 1. The number of benzene rings is 1. The Morgan fingerprint density at radius 2 is 2.00 bits per heavy atom. The molecule has 2 aromatic rings. The fourth-order valence-corrected chi connectivity index (χ4v) is 3.41. The van der Waals surface area contributed by atoms with Gasteiger partial charge in [-0.1, -0.05) is 23.9 Å². The van der Waals surface area contributed by atoms with E-state index >= 15 is 0 Å². The summed E-state index contributed by atoms with van der Waals surface area (Å²) in [6.45, 7) is 2.05. The monoisotopic (exact) mass is 300 g/mol. The zero-order valence-corrected chi connectivity index (χ0v) is 12.6. The maximum Gasteiger partial charge on any atom is 0.335 e.